The van der Waals surface area contributed by atoms with Crippen LogP contribution >= 0.6 is 0 Å². The first-order valence-electron chi connectivity index (χ1n) is 5.69. The molecule has 0 aromatic rings. The van der Waals surface area contributed by atoms with E-state index in [1.807, 2.05) is 27.7 Å². The molecule has 16 heavy (non-hydrogen) atoms. The van der Waals surface area contributed by atoms with Gasteiger partial charge in [0.1, 0.15) is 0 Å². The minimum Gasteiger partial charge on any atom is -0.295 e. The van der Waals surface area contributed by atoms with Crippen LogP contribution in [0, 0.1) is 0 Å². The zero-order chi connectivity index (χ0) is 12.7. The molecule has 0 unspecified atom stereocenters. The summed E-state index contributed by atoms with van der Waals surface area (Å²) in [5.41, 5.74) is 3.35. The monoisotopic (exact) mass is 222 g/mol. The molecule has 0 saturated heterocycles. The third-order valence-corrected chi connectivity index (χ3v) is 2.51. The van der Waals surface area contributed by atoms with Crippen molar-refractivity contribution >= 4 is 11.6 Å². The Hall–Kier alpha value is -1.18. The van der Waals surface area contributed by atoms with Gasteiger partial charge < -0.3 is 0 Å². The maximum atomic E-state index is 10.9. The minimum absolute atomic E-state index is 0.125. The van der Waals surface area contributed by atoms with E-state index in [4.69, 9.17) is 0 Å². The van der Waals surface area contributed by atoms with Gasteiger partial charge in [-0.05, 0) is 59.1 Å². The van der Waals surface area contributed by atoms with Crippen LogP contribution in [0.3, 0.4) is 0 Å². The van der Waals surface area contributed by atoms with Gasteiger partial charge in [-0.3, -0.25) is 9.59 Å². The van der Waals surface area contributed by atoms with Gasteiger partial charge >= 0.3 is 0 Å². The molecule has 0 saturated carbocycles. The molecule has 1 aliphatic rings. The lowest BCUT2D eigenvalue weighted by Gasteiger charge is -2.11. The molecule has 2 nitrogen and oxygen atoms in total. The van der Waals surface area contributed by atoms with Crippen molar-refractivity contribution in [3.63, 3.8) is 0 Å². The van der Waals surface area contributed by atoms with Gasteiger partial charge in [0, 0.05) is 6.42 Å². The molecule has 2 heteroatoms. The van der Waals surface area contributed by atoms with E-state index >= 15 is 0 Å². The predicted octanol–water partition coefficient (Wildman–Crippen LogP) is 3.62. The van der Waals surface area contributed by atoms with Gasteiger partial charge in [0.15, 0.2) is 11.6 Å². The molecule has 0 spiro atoms. The lowest BCUT2D eigenvalue weighted by molar-refractivity contribution is -0.116. The first-order valence-corrected chi connectivity index (χ1v) is 5.69. The largest absolute Gasteiger partial charge is 0.295 e. The highest BCUT2D eigenvalue weighted by Gasteiger charge is 2.12. The molecule has 1 aliphatic carbocycles. The molecular formula is C14H22O2. The standard InChI is InChI=1S/C8H12O.C6H10O/c1-6-4-3-5-8(9)7(6)2;1-5(2)4-6(3)7/h3-5H2,1-2H3;4H,1-3H3. The Labute approximate surface area is 98.4 Å². The van der Waals surface area contributed by atoms with Gasteiger partial charge in [-0.25, -0.2) is 0 Å². The molecule has 0 aromatic heterocycles. The molecule has 0 amide bonds. The Kier molecular flexibility index (Phi) is 6.63. The highest BCUT2D eigenvalue weighted by Crippen LogP contribution is 2.20. The van der Waals surface area contributed by atoms with Crippen molar-refractivity contribution in [1.82, 2.24) is 0 Å². The summed E-state index contributed by atoms with van der Waals surface area (Å²) in [6, 6.07) is 0. The highest BCUT2D eigenvalue weighted by atomic mass is 16.1. The number of allylic oxidation sites excluding steroid dienone is 4. The number of carbonyl (C=O) groups is 2. The molecule has 0 radical (unpaired) electrons. The third-order valence-electron chi connectivity index (χ3n) is 2.51. The van der Waals surface area contributed by atoms with Gasteiger partial charge in [0.2, 0.25) is 0 Å². The maximum Gasteiger partial charge on any atom is 0.158 e. The Balaban J connectivity index is 0.000000293. The lowest BCUT2D eigenvalue weighted by Crippen LogP contribution is -2.07. The molecule has 90 valence electrons. The number of Topliss-reactive ketones (excluding diaryl/α,β-unsaturated/α-hetero) is 1. The Morgan fingerprint density at radius 2 is 1.69 bits per heavy atom. The Bertz CT molecular complexity index is 329. The van der Waals surface area contributed by atoms with Crippen LogP contribution in [0.25, 0.3) is 0 Å². The van der Waals surface area contributed by atoms with Crippen molar-refractivity contribution < 1.29 is 9.59 Å². The van der Waals surface area contributed by atoms with Crippen molar-refractivity contribution in [2.75, 3.05) is 0 Å². The number of rotatable bonds is 1. The summed E-state index contributed by atoms with van der Waals surface area (Å²) in [6.45, 7) is 9.33. The van der Waals surface area contributed by atoms with E-state index < -0.39 is 0 Å². The van der Waals surface area contributed by atoms with Gasteiger partial charge in [-0.2, -0.15) is 0 Å². The number of hydrogen-bond acceptors (Lipinski definition) is 2. The molecule has 0 fully saturated rings. The van der Waals surface area contributed by atoms with E-state index in [0.717, 1.165) is 30.4 Å². The van der Waals surface area contributed by atoms with Gasteiger partial charge in [-0.15, -0.1) is 0 Å². The van der Waals surface area contributed by atoms with Crippen LogP contribution in [0.2, 0.25) is 0 Å². The van der Waals surface area contributed by atoms with Crippen LogP contribution < -0.4 is 0 Å². The molecule has 0 bridgehead atoms. The SMILES string of the molecule is CC(=O)C=C(C)C.CC1=C(C)C(=O)CCC1. The second kappa shape index (κ2) is 7.15. The number of hydrogen-bond donors (Lipinski definition) is 0. The molecule has 1 rings (SSSR count). The topological polar surface area (TPSA) is 34.1 Å². The average Bonchev–Trinajstić information content (AvgIpc) is 2.12. The smallest absolute Gasteiger partial charge is 0.158 e. The normalized spacial score (nSPS) is 15.2. The first kappa shape index (κ1) is 14.8. The fourth-order valence-corrected chi connectivity index (χ4v) is 1.53. The predicted molar refractivity (Wildman–Crippen MR) is 67.3 cm³/mol. The van der Waals surface area contributed by atoms with Crippen LogP contribution in [-0.4, -0.2) is 11.6 Å². The summed E-state index contributed by atoms with van der Waals surface area (Å²) in [4.78, 5) is 21.1. The average molecular weight is 222 g/mol. The quantitative estimate of drug-likeness (QED) is 0.635. The zero-order valence-corrected chi connectivity index (χ0v) is 11.0. The second-order valence-corrected chi connectivity index (χ2v) is 4.51. The number of ketones is 2. The minimum atomic E-state index is 0.125. The molecular weight excluding hydrogens is 200 g/mol. The fourth-order valence-electron chi connectivity index (χ4n) is 1.53. The summed E-state index contributed by atoms with van der Waals surface area (Å²) in [6.07, 6.45) is 4.56. The fraction of sp³-hybridized carbons (Fsp3) is 0.571. The van der Waals surface area contributed by atoms with Crippen molar-refractivity contribution in [2.45, 2.75) is 53.9 Å². The van der Waals surface area contributed by atoms with Gasteiger partial charge in [0.25, 0.3) is 0 Å². The Morgan fingerprint density at radius 1 is 1.12 bits per heavy atom. The Morgan fingerprint density at radius 3 is 1.94 bits per heavy atom. The van der Waals surface area contributed by atoms with E-state index in [-0.39, 0.29) is 5.78 Å². The summed E-state index contributed by atoms with van der Waals surface area (Å²) in [7, 11) is 0. The van der Waals surface area contributed by atoms with Crippen LogP contribution in [-0.2, 0) is 9.59 Å². The first-order chi connectivity index (χ1) is 7.34. The van der Waals surface area contributed by atoms with Crippen molar-refractivity contribution in [3.05, 3.63) is 22.8 Å². The summed E-state index contributed by atoms with van der Waals surface area (Å²) in [5.74, 6) is 0.471. The van der Waals surface area contributed by atoms with E-state index in [1.54, 1.807) is 13.0 Å². The lowest BCUT2D eigenvalue weighted by atomic mass is 9.93. The van der Waals surface area contributed by atoms with Crippen LogP contribution in [0.1, 0.15) is 53.9 Å². The summed E-state index contributed by atoms with van der Waals surface area (Å²) < 4.78 is 0. The van der Waals surface area contributed by atoms with Crippen molar-refractivity contribution in [2.24, 2.45) is 0 Å². The molecule has 0 N–H and O–H groups in total. The van der Waals surface area contributed by atoms with E-state index in [0.29, 0.717) is 5.78 Å². The van der Waals surface area contributed by atoms with Crippen molar-refractivity contribution in [3.8, 4) is 0 Å². The van der Waals surface area contributed by atoms with Crippen molar-refractivity contribution in [1.29, 1.82) is 0 Å². The number of carbonyl (C=O) groups excluding carboxylic acids is 2. The molecule has 0 atom stereocenters. The zero-order valence-electron chi connectivity index (χ0n) is 11.0. The van der Waals surface area contributed by atoms with Crippen LogP contribution in [0.4, 0.5) is 0 Å². The van der Waals surface area contributed by atoms with Gasteiger partial charge in [0.05, 0.1) is 0 Å². The van der Waals surface area contributed by atoms with Crippen LogP contribution in [0.5, 0.6) is 0 Å². The van der Waals surface area contributed by atoms with E-state index in [9.17, 15) is 9.59 Å². The second-order valence-electron chi connectivity index (χ2n) is 4.51. The summed E-state index contributed by atoms with van der Waals surface area (Å²) in [5, 5.41) is 0. The molecule has 0 aromatic carbocycles. The summed E-state index contributed by atoms with van der Waals surface area (Å²) >= 11 is 0. The third kappa shape index (κ3) is 6.33. The maximum absolute atomic E-state index is 10.9. The molecule has 0 heterocycles. The van der Waals surface area contributed by atoms with E-state index in [2.05, 4.69) is 0 Å². The van der Waals surface area contributed by atoms with Gasteiger partial charge in [-0.1, -0.05) is 11.1 Å². The van der Waals surface area contributed by atoms with E-state index in [1.165, 1.54) is 5.57 Å². The van der Waals surface area contributed by atoms with Crippen LogP contribution in [0.15, 0.2) is 22.8 Å². The highest BCUT2D eigenvalue weighted by molar-refractivity contribution is 5.96. The molecule has 0 aliphatic heterocycles.